The van der Waals surface area contributed by atoms with Crippen LogP contribution in [0.5, 0.6) is 0 Å². The van der Waals surface area contributed by atoms with E-state index in [4.69, 9.17) is 0 Å². The summed E-state index contributed by atoms with van der Waals surface area (Å²) in [4.78, 5) is 28.2. The number of carbonyl (C=O) groups is 2. The molecule has 1 N–H and O–H groups in total. The number of nitrogens with zero attached hydrogens (tertiary/aromatic N) is 2. The van der Waals surface area contributed by atoms with Crippen LogP contribution >= 0.6 is 0 Å². The molecule has 0 spiro atoms. The zero-order valence-corrected chi connectivity index (χ0v) is 14.5. The average molecular weight is 329 g/mol. The zero-order chi connectivity index (χ0) is 16.9. The van der Waals surface area contributed by atoms with Crippen molar-refractivity contribution >= 4 is 23.2 Å². The molecule has 1 saturated carbocycles. The second-order valence-electron chi connectivity index (χ2n) is 6.88. The van der Waals surface area contributed by atoms with Gasteiger partial charge in [-0.1, -0.05) is 25.3 Å². The Bertz CT molecular complexity index is 588. The summed E-state index contributed by atoms with van der Waals surface area (Å²) in [7, 11) is 0. The fourth-order valence-electron chi connectivity index (χ4n) is 3.78. The van der Waals surface area contributed by atoms with Gasteiger partial charge in [0.25, 0.3) is 0 Å². The standard InChI is InChI=1S/C19H27N3O2/c1-15(23)20-17-8-5-9-18(14-17)21-10-12-22(13-11-21)19(24)16-6-3-2-4-7-16/h5,8-9,14,16H,2-4,6-7,10-13H2,1H3,(H,20,23). The topological polar surface area (TPSA) is 52.7 Å². The van der Waals surface area contributed by atoms with E-state index in [1.807, 2.05) is 23.1 Å². The van der Waals surface area contributed by atoms with Crippen LogP contribution in [0.1, 0.15) is 39.0 Å². The first-order valence-electron chi connectivity index (χ1n) is 9.05. The van der Waals surface area contributed by atoms with Gasteiger partial charge in [-0.05, 0) is 31.0 Å². The maximum atomic E-state index is 12.6. The van der Waals surface area contributed by atoms with Gasteiger partial charge in [0, 0.05) is 50.4 Å². The summed E-state index contributed by atoms with van der Waals surface area (Å²) in [6.45, 7) is 4.80. The number of hydrogen-bond donors (Lipinski definition) is 1. The molecule has 1 saturated heterocycles. The highest BCUT2D eigenvalue weighted by Crippen LogP contribution is 2.27. The van der Waals surface area contributed by atoms with Crippen molar-refractivity contribution in [3.63, 3.8) is 0 Å². The van der Waals surface area contributed by atoms with Gasteiger partial charge in [-0.3, -0.25) is 9.59 Å². The average Bonchev–Trinajstić information content (AvgIpc) is 2.62. The predicted octanol–water partition coefficient (Wildman–Crippen LogP) is 2.87. The lowest BCUT2D eigenvalue weighted by Crippen LogP contribution is -2.50. The van der Waals surface area contributed by atoms with Gasteiger partial charge < -0.3 is 15.1 Å². The molecule has 1 aromatic rings. The van der Waals surface area contributed by atoms with Crippen molar-refractivity contribution in [2.75, 3.05) is 36.4 Å². The molecule has 24 heavy (non-hydrogen) atoms. The van der Waals surface area contributed by atoms with Crippen LogP contribution in [0.2, 0.25) is 0 Å². The van der Waals surface area contributed by atoms with Crippen molar-refractivity contribution in [1.29, 1.82) is 0 Å². The molecule has 0 aromatic heterocycles. The molecule has 130 valence electrons. The lowest BCUT2D eigenvalue weighted by molar-refractivity contribution is -0.136. The van der Waals surface area contributed by atoms with Crippen LogP contribution in [-0.2, 0) is 9.59 Å². The molecule has 1 aromatic carbocycles. The van der Waals surface area contributed by atoms with Crippen molar-refractivity contribution in [1.82, 2.24) is 4.90 Å². The van der Waals surface area contributed by atoms with Gasteiger partial charge in [-0.2, -0.15) is 0 Å². The van der Waals surface area contributed by atoms with Gasteiger partial charge >= 0.3 is 0 Å². The Hall–Kier alpha value is -2.04. The zero-order valence-electron chi connectivity index (χ0n) is 14.5. The molecule has 0 radical (unpaired) electrons. The van der Waals surface area contributed by atoms with E-state index < -0.39 is 0 Å². The monoisotopic (exact) mass is 329 g/mol. The highest BCUT2D eigenvalue weighted by atomic mass is 16.2. The SMILES string of the molecule is CC(=O)Nc1cccc(N2CCN(C(=O)C3CCCCC3)CC2)c1. The van der Waals surface area contributed by atoms with Gasteiger partial charge in [0.1, 0.15) is 0 Å². The van der Waals surface area contributed by atoms with E-state index in [1.54, 1.807) is 0 Å². The fraction of sp³-hybridized carbons (Fsp3) is 0.579. The number of hydrogen-bond acceptors (Lipinski definition) is 3. The van der Waals surface area contributed by atoms with E-state index in [9.17, 15) is 9.59 Å². The van der Waals surface area contributed by atoms with Gasteiger partial charge in [-0.25, -0.2) is 0 Å². The van der Waals surface area contributed by atoms with Crippen molar-refractivity contribution in [2.24, 2.45) is 5.92 Å². The molecular weight excluding hydrogens is 302 g/mol. The molecule has 1 heterocycles. The number of rotatable bonds is 3. The van der Waals surface area contributed by atoms with E-state index >= 15 is 0 Å². The molecule has 0 atom stereocenters. The number of carbonyl (C=O) groups excluding carboxylic acids is 2. The first kappa shape index (κ1) is 16.8. The quantitative estimate of drug-likeness (QED) is 0.928. The van der Waals surface area contributed by atoms with Crippen LogP contribution < -0.4 is 10.2 Å². The molecule has 0 bridgehead atoms. The first-order valence-corrected chi connectivity index (χ1v) is 9.05. The number of piperazine rings is 1. The van der Waals surface area contributed by atoms with Crippen LogP contribution in [0.4, 0.5) is 11.4 Å². The molecule has 1 aliphatic carbocycles. The number of anilines is 2. The fourth-order valence-corrected chi connectivity index (χ4v) is 3.78. The number of nitrogens with one attached hydrogen (secondary N) is 1. The summed E-state index contributed by atoms with van der Waals surface area (Å²) in [5, 5.41) is 2.82. The normalized spacial score (nSPS) is 19.2. The summed E-state index contributed by atoms with van der Waals surface area (Å²) in [5.74, 6) is 0.560. The van der Waals surface area contributed by atoms with Crippen molar-refractivity contribution in [3.05, 3.63) is 24.3 Å². The van der Waals surface area contributed by atoms with E-state index in [0.717, 1.165) is 50.4 Å². The van der Waals surface area contributed by atoms with Gasteiger partial charge in [0.15, 0.2) is 0 Å². The molecule has 5 nitrogen and oxygen atoms in total. The third-order valence-corrected chi connectivity index (χ3v) is 5.08. The predicted molar refractivity (Wildman–Crippen MR) is 96.1 cm³/mol. The lowest BCUT2D eigenvalue weighted by Gasteiger charge is -2.38. The molecule has 0 unspecified atom stereocenters. The second kappa shape index (κ2) is 7.69. The summed E-state index contributed by atoms with van der Waals surface area (Å²) < 4.78 is 0. The molecule has 2 aliphatic rings. The lowest BCUT2D eigenvalue weighted by atomic mass is 9.88. The van der Waals surface area contributed by atoms with Gasteiger partial charge in [-0.15, -0.1) is 0 Å². The Kier molecular flexibility index (Phi) is 5.38. The third-order valence-electron chi connectivity index (χ3n) is 5.08. The Morgan fingerprint density at radius 3 is 2.42 bits per heavy atom. The van der Waals surface area contributed by atoms with Crippen molar-refractivity contribution in [3.8, 4) is 0 Å². The summed E-state index contributed by atoms with van der Waals surface area (Å²) in [5.41, 5.74) is 1.92. The summed E-state index contributed by atoms with van der Waals surface area (Å²) in [6.07, 6.45) is 5.82. The Morgan fingerprint density at radius 1 is 1.04 bits per heavy atom. The molecule has 2 fully saturated rings. The van der Waals surface area contributed by atoms with Crippen LogP contribution in [0, 0.1) is 5.92 Å². The van der Waals surface area contributed by atoms with Gasteiger partial charge in [0.05, 0.1) is 0 Å². The number of amides is 2. The third kappa shape index (κ3) is 4.08. The van der Waals surface area contributed by atoms with E-state index in [1.165, 1.54) is 26.2 Å². The Morgan fingerprint density at radius 2 is 1.75 bits per heavy atom. The highest BCUT2D eigenvalue weighted by Gasteiger charge is 2.28. The molecule has 3 rings (SSSR count). The maximum absolute atomic E-state index is 12.6. The summed E-state index contributed by atoms with van der Waals surface area (Å²) in [6, 6.07) is 7.91. The highest BCUT2D eigenvalue weighted by molar-refractivity contribution is 5.89. The van der Waals surface area contributed by atoms with Crippen LogP contribution in [0.3, 0.4) is 0 Å². The number of benzene rings is 1. The molecular formula is C19H27N3O2. The van der Waals surface area contributed by atoms with Crippen molar-refractivity contribution in [2.45, 2.75) is 39.0 Å². The largest absolute Gasteiger partial charge is 0.368 e. The first-order chi connectivity index (χ1) is 11.6. The second-order valence-corrected chi connectivity index (χ2v) is 6.88. The minimum atomic E-state index is -0.0601. The molecule has 1 aliphatic heterocycles. The molecule has 5 heteroatoms. The Balaban J connectivity index is 1.56. The Labute approximate surface area is 144 Å². The van der Waals surface area contributed by atoms with Crippen molar-refractivity contribution < 1.29 is 9.59 Å². The van der Waals surface area contributed by atoms with Crippen LogP contribution in [0.15, 0.2) is 24.3 Å². The summed E-state index contributed by atoms with van der Waals surface area (Å²) >= 11 is 0. The van der Waals surface area contributed by atoms with E-state index in [0.29, 0.717) is 5.91 Å². The van der Waals surface area contributed by atoms with E-state index in [-0.39, 0.29) is 11.8 Å². The van der Waals surface area contributed by atoms with Crippen LogP contribution in [-0.4, -0.2) is 42.9 Å². The van der Waals surface area contributed by atoms with Crippen LogP contribution in [0.25, 0.3) is 0 Å². The maximum Gasteiger partial charge on any atom is 0.225 e. The molecule has 2 amide bonds. The van der Waals surface area contributed by atoms with E-state index in [2.05, 4.69) is 16.3 Å². The van der Waals surface area contributed by atoms with Gasteiger partial charge in [0.2, 0.25) is 11.8 Å². The minimum Gasteiger partial charge on any atom is -0.368 e. The smallest absolute Gasteiger partial charge is 0.225 e. The minimum absolute atomic E-state index is 0.0601.